The van der Waals surface area contributed by atoms with Gasteiger partial charge in [0.15, 0.2) is 0 Å². The van der Waals surface area contributed by atoms with E-state index < -0.39 is 11.7 Å². The normalized spacial score (nSPS) is 29.2. The van der Waals surface area contributed by atoms with E-state index in [1.807, 2.05) is 6.07 Å². The lowest BCUT2D eigenvalue weighted by atomic mass is 9.55. The molecular weight excluding hydrogens is 471 g/mol. The van der Waals surface area contributed by atoms with Crippen molar-refractivity contribution in [3.8, 4) is 5.75 Å². The van der Waals surface area contributed by atoms with Crippen molar-refractivity contribution in [1.82, 2.24) is 4.90 Å². The molecular formula is C32H42F3NO. The summed E-state index contributed by atoms with van der Waals surface area (Å²) in [5.41, 5.74) is 3.44. The van der Waals surface area contributed by atoms with Gasteiger partial charge in [-0.25, -0.2) is 0 Å². The minimum absolute atomic E-state index is 0.212. The summed E-state index contributed by atoms with van der Waals surface area (Å²) in [5.74, 6) is 3.52. The number of rotatable bonds is 7. The Balaban J connectivity index is 1.39. The van der Waals surface area contributed by atoms with Crippen LogP contribution in [0.4, 0.5) is 13.2 Å². The molecule has 5 atom stereocenters. The monoisotopic (exact) mass is 513 g/mol. The van der Waals surface area contributed by atoms with Crippen LogP contribution in [-0.4, -0.2) is 24.6 Å². The molecule has 37 heavy (non-hydrogen) atoms. The Morgan fingerprint density at radius 1 is 1.05 bits per heavy atom. The quantitative estimate of drug-likeness (QED) is 0.368. The van der Waals surface area contributed by atoms with Gasteiger partial charge in [0.2, 0.25) is 0 Å². The van der Waals surface area contributed by atoms with Crippen molar-refractivity contribution >= 4 is 0 Å². The summed E-state index contributed by atoms with van der Waals surface area (Å²) in [5, 5.41) is 0. The second-order valence-corrected chi connectivity index (χ2v) is 12.5. The third kappa shape index (κ3) is 5.17. The third-order valence-corrected chi connectivity index (χ3v) is 9.96. The van der Waals surface area contributed by atoms with Crippen LogP contribution in [0.15, 0.2) is 42.5 Å². The molecule has 2 saturated carbocycles. The number of alkyl halides is 3. The van der Waals surface area contributed by atoms with Crippen LogP contribution in [0.25, 0.3) is 0 Å². The van der Waals surface area contributed by atoms with Gasteiger partial charge in [-0.3, -0.25) is 4.90 Å². The molecule has 2 nitrogen and oxygen atoms in total. The molecule has 0 heterocycles. The number of methoxy groups -OCH3 is 1. The number of halogens is 3. The second kappa shape index (κ2) is 10.3. The van der Waals surface area contributed by atoms with E-state index in [1.54, 1.807) is 13.2 Å². The van der Waals surface area contributed by atoms with Crippen LogP contribution in [-0.2, 0) is 19.1 Å². The van der Waals surface area contributed by atoms with Gasteiger partial charge in [-0.1, -0.05) is 45.0 Å². The summed E-state index contributed by atoms with van der Waals surface area (Å²) < 4.78 is 45.8. The Kier molecular flexibility index (Phi) is 7.39. The number of benzene rings is 2. The molecule has 0 radical (unpaired) electrons. The summed E-state index contributed by atoms with van der Waals surface area (Å²) >= 11 is 0. The Morgan fingerprint density at radius 3 is 2.59 bits per heavy atom. The van der Waals surface area contributed by atoms with Gasteiger partial charge in [0.05, 0.1) is 12.7 Å². The van der Waals surface area contributed by atoms with Crippen LogP contribution < -0.4 is 4.74 Å². The lowest BCUT2D eigenvalue weighted by Gasteiger charge is -2.52. The highest BCUT2D eigenvalue weighted by molar-refractivity contribution is 5.40. The van der Waals surface area contributed by atoms with E-state index in [9.17, 15) is 13.2 Å². The van der Waals surface area contributed by atoms with Gasteiger partial charge < -0.3 is 4.74 Å². The van der Waals surface area contributed by atoms with Crippen molar-refractivity contribution in [3.63, 3.8) is 0 Å². The van der Waals surface area contributed by atoms with E-state index in [2.05, 4.69) is 43.9 Å². The van der Waals surface area contributed by atoms with E-state index in [4.69, 9.17) is 4.74 Å². The number of hydrogen-bond acceptors (Lipinski definition) is 2. The average molecular weight is 514 g/mol. The molecule has 0 aromatic heterocycles. The first-order valence-electron chi connectivity index (χ1n) is 14.2. The van der Waals surface area contributed by atoms with Crippen molar-refractivity contribution in [2.75, 3.05) is 13.7 Å². The van der Waals surface area contributed by atoms with Gasteiger partial charge in [0.1, 0.15) is 5.75 Å². The summed E-state index contributed by atoms with van der Waals surface area (Å²) in [6, 6.07) is 13.1. The molecule has 0 unspecified atom stereocenters. The van der Waals surface area contributed by atoms with Crippen LogP contribution in [0.1, 0.15) is 87.5 Å². The highest BCUT2D eigenvalue weighted by Crippen LogP contribution is 2.62. The number of ether oxygens (including phenoxy) is 1. The molecule has 0 N–H and O–H groups in total. The zero-order valence-electron chi connectivity index (χ0n) is 22.8. The molecule has 0 spiro atoms. The first-order chi connectivity index (χ1) is 17.6. The van der Waals surface area contributed by atoms with Crippen molar-refractivity contribution in [3.05, 3.63) is 64.7 Å². The fourth-order valence-electron chi connectivity index (χ4n) is 8.11. The Labute approximate surface area is 220 Å². The lowest BCUT2D eigenvalue weighted by Crippen LogP contribution is -2.50. The standard InChI is InChI=1S/C32H42F3NO/c1-21(2)15-17-36(20-22-6-5-7-24(18-22)32(33,34)35)30-13-12-29-28-10-8-23-19-25(37-4)9-11-26(23)27(28)14-16-31(29,30)3/h5-7,9,11,18-19,21,27-30H,8,10,12-17,20H2,1-4H3/t27-,28-,29+,30+,31+/m1/s1. The molecule has 0 saturated heterocycles. The summed E-state index contributed by atoms with van der Waals surface area (Å²) in [6.45, 7) is 8.52. The summed E-state index contributed by atoms with van der Waals surface area (Å²) in [7, 11) is 1.74. The molecule has 3 aliphatic rings. The molecule has 0 bridgehead atoms. The van der Waals surface area contributed by atoms with Gasteiger partial charge in [-0.2, -0.15) is 13.2 Å². The summed E-state index contributed by atoms with van der Waals surface area (Å²) in [6.07, 6.45) is 3.89. The maximum atomic E-state index is 13.4. The third-order valence-electron chi connectivity index (χ3n) is 9.96. The van der Waals surface area contributed by atoms with Crippen molar-refractivity contribution < 1.29 is 17.9 Å². The number of hydrogen-bond donors (Lipinski definition) is 0. The van der Waals surface area contributed by atoms with Gasteiger partial charge in [0, 0.05) is 12.6 Å². The maximum absolute atomic E-state index is 13.4. The molecule has 5 heteroatoms. The predicted molar refractivity (Wildman–Crippen MR) is 143 cm³/mol. The number of aryl methyl sites for hydroxylation is 1. The minimum atomic E-state index is -4.30. The highest BCUT2D eigenvalue weighted by Gasteiger charge is 2.56. The van der Waals surface area contributed by atoms with Crippen LogP contribution in [0.3, 0.4) is 0 Å². The topological polar surface area (TPSA) is 12.5 Å². The lowest BCUT2D eigenvalue weighted by molar-refractivity contribution is -0.137. The minimum Gasteiger partial charge on any atom is -0.497 e. The fraction of sp³-hybridized carbons (Fsp3) is 0.625. The van der Waals surface area contributed by atoms with Gasteiger partial charge >= 0.3 is 6.18 Å². The average Bonchev–Trinajstić information content (AvgIpc) is 3.22. The van der Waals surface area contributed by atoms with E-state index in [0.29, 0.717) is 36.3 Å². The zero-order chi connectivity index (χ0) is 26.4. The molecule has 2 aromatic carbocycles. The SMILES string of the molecule is COc1ccc2c(c1)CC[C@@H]1[C@@H]2CC[C@]2(C)[C@@H](N(CCC(C)C)Cc3cccc(C(F)(F)F)c3)CC[C@@H]12. The second-order valence-electron chi connectivity index (χ2n) is 12.5. The van der Waals surface area contributed by atoms with E-state index in [1.165, 1.54) is 48.9 Å². The molecule has 2 fully saturated rings. The van der Waals surface area contributed by atoms with Crippen LogP contribution in [0, 0.1) is 23.2 Å². The molecule has 5 rings (SSSR count). The van der Waals surface area contributed by atoms with E-state index in [0.717, 1.165) is 37.1 Å². The Morgan fingerprint density at radius 2 is 1.86 bits per heavy atom. The maximum Gasteiger partial charge on any atom is 0.416 e. The first kappa shape index (κ1) is 26.6. The van der Waals surface area contributed by atoms with Crippen molar-refractivity contribution in [2.45, 2.75) is 90.4 Å². The van der Waals surface area contributed by atoms with E-state index in [-0.39, 0.29) is 5.41 Å². The fourth-order valence-corrected chi connectivity index (χ4v) is 8.11. The molecule has 2 aromatic rings. The van der Waals surface area contributed by atoms with Gasteiger partial charge in [-0.05, 0) is 115 Å². The van der Waals surface area contributed by atoms with Crippen molar-refractivity contribution in [2.24, 2.45) is 23.2 Å². The molecule has 0 amide bonds. The first-order valence-corrected chi connectivity index (χ1v) is 14.2. The van der Waals surface area contributed by atoms with Gasteiger partial charge in [0.25, 0.3) is 0 Å². The number of nitrogens with zero attached hydrogens (tertiary/aromatic N) is 1. The van der Waals surface area contributed by atoms with Crippen LogP contribution in [0.2, 0.25) is 0 Å². The zero-order valence-corrected chi connectivity index (χ0v) is 22.8. The highest BCUT2D eigenvalue weighted by atomic mass is 19.4. The smallest absolute Gasteiger partial charge is 0.416 e. The molecule has 0 aliphatic heterocycles. The Bertz CT molecular complexity index is 1100. The Hall–Kier alpha value is -2.01. The predicted octanol–water partition coefficient (Wildman–Crippen LogP) is 8.49. The van der Waals surface area contributed by atoms with Crippen LogP contribution in [0.5, 0.6) is 5.75 Å². The van der Waals surface area contributed by atoms with Gasteiger partial charge in [-0.15, -0.1) is 0 Å². The number of fused-ring (bicyclic) bond motifs is 5. The molecule has 202 valence electrons. The van der Waals surface area contributed by atoms with E-state index >= 15 is 0 Å². The molecule has 3 aliphatic carbocycles. The van der Waals surface area contributed by atoms with Crippen molar-refractivity contribution in [1.29, 1.82) is 0 Å². The van der Waals surface area contributed by atoms with Crippen LogP contribution >= 0.6 is 0 Å². The summed E-state index contributed by atoms with van der Waals surface area (Å²) in [4.78, 5) is 2.55. The largest absolute Gasteiger partial charge is 0.497 e.